The van der Waals surface area contributed by atoms with E-state index in [-0.39, 0.29) is 11.8 Å². The van der Waals surface area contributed by atoms with E-state index in [1.165, 1.54) is 6.92 Å². The molecule has 0 fully saturated rings. The zero-order valence-corrected chi connectivity index (χ0v) is 13.2. The Labute approximate surface area is 140 Å². The van der Waals surface area contributed by atoms with Crippen molar-refractivity contribution in [2.75, 3.05) is 0 Å². The Morgan fingerprint density at radius 3 is 2.04 bits per heavy atom. The molecule has 0 unspecified atom stereocenters. The summed E-state index contributed by atoms with van der Waals surface area (Å²) in [6.07, 6.45) is 0. The SMILES string of the molecule is CC(=O)Oc1ccc(C(=O)c2ccccc2-c2ccccc2)cc1. The fourth-order valence-corrected chi connectivity index (χ4v) is 2.55. The van der Waals surface area contributed by atoms with E-state index in [4.69, 9.17) is 4.74 Å². The van der Waals surface area contributed by atoms with Crippen molar-refractivity contribution in [3.63, 3.8) is 0 Å². The molecule has 118 valence electrons. The maximum absolute atomic E-state index is 12.9. The number of hydrogen-bond acceptors (Lipinski definition) is 3. The van der Waals surface area contributed by atoms with Gasteiger partial charge in [-0.25, -0.2) is 0 Å². The molecule has 0 saturated heterocycles. The van der Waals surface area contributed by atoms with Gasteiger partial charge >= 0.3 is 5.97 Å². The zero-order valence-electron chi connectivity index (χ0n) is 13.2. The predicted octanol–water partition coefficient (Wildman–Crippen LogP) is 4.51. The molecular weight excluding hydrogens is 300 g/mol. The molecule has 3 aromatic carbocycles. The maximum Gasteiger partial charge on any atom is 0.308 e. The van der Waals surface area contributed by atoms with Gasteiger partial charge in [0.2, 0.25) is 0 Å². The second kappa shape index (κ2) is 6.92. The Morgan fingerprint density at radius 2 is 1.38 bits per heavy atom. The summed E-state index contributed by atoms with van der Waals surface area (Å²) < 4.78 is 5.00. The van der Waals surface area contributed by atoms with Gasteiger partial charge < -0.3 is 4.74 Å². The number of ether oxygens (including phenoxy) is 1. The molecular formula is C21H16O3. The highest BCUT2D eigenvalue weighted by Gasteiger charge is 2.14. The van der Waals surface area contributed by atoms with Crippen LogP contribution in [0.4, 0.5) is 0 Å². The first-order valence-corrected chi connectivity index (χ1v) is 7.63. The Balaban J connectivity index is 1.95. The van der Waals surface area contributed by atoms with Crippen molar-refractivity contribution in [1.82, 2.24) is 0 Å². The highest BCUT2D eigenvalue weighted by atomic mass is 16.5. The molecule has 0 aromatic heterocycles. The lowest BCUT2D eigenvalue weighted by Gasteiger charge is -2.09. The Hall–Kier alpha value is -3.20. The van der Waals surface area contributed by atoms with E-state index < -0.39 is 0 Å². The molecule has 24 heavy (non-hydrogen) atoms. The molecule has 0 aliphatic carbocycles. The first kappa shape index (κ1) is 15.7. The fraction of sp³-hybridized carbons (Fsp3) is 0.0476. The first-order chi connectivity index (χ1) is 11.6. The van der Waals surface area contributed by atoms with Crippen molar-refractivity contribution in [3.8, 4) is 16.9 Å². The summed E-state index contributed by atoms with van der Waals surface area (Å²) in [5.74, 6) is -0.0253. The number of ketones is 1. The summed E-state index contributed by atoms with van der Waals surface area (Å²) in [6.45, 7) is 1.34. The summed E-state index contributed by atoms with van der Waals surface area (Å²) in [4.78, 5) is 23.8. The third-order valence-corrected chi connectivity index (χ3v) is 3.63. The van der Waals surface area contributed by atoms with Gasteiger partial charge in [-0.1, -0.05) is 54.6 Å². The average molecular weight is 316 g/mol. The number of carbonyl (C=O) groups is 2. The van der Waals surface area contributed by atoms with Crippen LogP contribution in [0.25, 0.3) is 11.1 Å². The standard InChI is InChI=1S/C21H16O3/c1-15(22)24-18-13-11-17(12-14-18)21(23)20-10-6-5-9-19(20)16-7-3-2-4-8-16/h2-14H,1H3. The van der Waals surface area contributed by atoms with Crippen molar-refractivity contribution in [2.24, 2.45) is 0 Å². The van der Waals surface area contributed by atoms with Crippen LogP contribution in [-0.4, -0.2) is 11.8 Å². The molecule has 0 spiro atoms. The second-order valence-corrected chi connectivity index (χ2v) is 5.36. The van der Waals surface area contributed by atoms with Crippen LogP contribution in [0.15, 0.2) is 78.9 Å². The normalized spacial score (nSPS) is 10.2. The molecule has 0 aliphatic heterocycles. The molecule has 0 saturated carbocycles. The Kier molecular flexibility index (Phi) is 4.52. The van der Waals surface area contributed by atoms with Crippen molar-refractivity contribution >= 4 is 11.8 Å². The van der Waals surface area contributed by atoms with Gasteiger partial charge in [0, 0.05) is 18.1 Å². The van der Waals surface area contributed by atoms with Crippen molar-refractivity contribution in [3.05, 3.63) is 90.0 Å². The topological polar surface area (TPSA) is 43.4 Å². The molecule has 3 aromatic rings. The van der Waals surface area contributed by atoms with Gasteiger partial charge in [-0.2, -0.15) is 0 Å². The van der Waals surface area contributed by atoms with Gasteiger partial charge in [-0.05, 0) is 35.4 Å². The van der Waals surface area contributed by atoms with Gasteiger partial charge in [0.25, 0.3) is 0 Å². The summed E-state index contributed by atoms with van der Waals surface area (Å²) in [7, 11) is 0. The van der Waals surface area contributed by atoms with E-state index in [0.29, 0.717) is 16.9 Å². The van der Waals surface area contributed by atoms with Gasteiger partial charge in [0.05, 0.1) is 0 Å². The van der Waals surface area contributed by atoms with E-state index in [2.05, 4.69) is 0 Å². The van der Waals surface area contributed by atoms with Crippen LogP contribution < -0.4 is 4.74 Å². The third-order valence-electron chi connectivity index (χ3n) is 3.63. The van der Waals surface area contributed by atoms with Crippen LogP contribution in [0, 0.1) is 0 Å². The molecule has 3 rings (SSSR count). The van der Waals surface area contributed by atoms with Gasteiger partial charge in [0.15, 0.2) is 5.78 Å². The number of benzene rings is 3. The lowest BCUT2D eigenvalue weighted by Crippen LogP contribution is -2.05. The minimum absolute atomic E-state index is 0.0659. The number of rotatable bonds is 4. The predicted molar refractivity (Wildman–Crippen MR) is 93.1 cm³/mol. The van der Waals surface area contributed by atoms with E-state index in [0.717, 1.165) is 11.1 Å². The van der Waals surface area contributed by atoms with E-state index in [1.807, 2.05) is 54.6 Å². The number of carbonyl (C=O) groups excluding carboxylic acids is 2. The molecule has 3 heteroatoms. The maximum atomic E-state index is 12.9. The molecule has 0 N–H and O–H groups in total. The zero-order chi connectivity index (χ0) is 16.9. The van der Waals surface area contributed by atoms with Crippen LogP contribution >= 0.6 is 0 Å². The largest absolute Gasteiger partial charge is 0.427 e. The monoisotopic (exact) mass is 316 g/mol. The Bertz CT molecular complexity index is 865. The van der Waals surface area contributed by atoms with E-state index in [9.17, 15) is 9.59 Å². The smallest absolute Gasteiger partial charge is 0.308 e. The highest BCUT2D eigenvalue weighted by Crippen LogP contribution is 2.26. The highest BCUT2D eigenvalue weighted by molar-refractivity contribution is 6.12. The van der Waals surface area contributed by atoms with E-state index in [1.54, 1.807) is 24.3 Å². The fourth-order valence-electron chi connectivity index (χ4n) is 2.55. The number of esters is 1. The van der Waals surface area contributed by atoms with Crippen molar-refractivity contribution in [1.29, 1.82) is 0 Å². The van der Waals surface area contributed by atoms with Crippen molar-refractivity contribution < 1.29 is 14.3 Å². The summed E-state index contributed by atoms with van der Waals surface area (Å²) in [5, 5.41) is 0. The number of hydrogen-bond donors (Lipinski definition) is 0. The first-order valence-electron chi connectivity index (χ1n) is 7.63. The van der Waals surface area contributed by atoms with Gasteiger partial charge in [-0.15, -0.1) is 0 Å². The molecule has 0 heterocycles. The Morgan fingerprint density at radius 1 is 0.750 bits per heavy atom. The molecule has 3 nitrogen and oxygen atoms in total. The molecule has 0 radical (unpaired) electrons. The van der Waals surface area contributed by atoms with Gasteiger partial charge in [0.1, 0.15) is 5.75 Å². The van der Waals surface area contributed by atoms with Crippen LogP contribution in [0.2, 0.25) is 0 Å². The lowest BCUT2D eigenvalue weighted by molar-refractivity contribution is -0.131. The third kappa shape index (κ3) is 3.41. The average Bonchev–Trinajstić information content (AvgIpc) is 2.62. The minimum Gasteiger partial charge on any atom is -0.427 e. The van der Waals surface area contributed by atoms with E-state index >= 15 is 0 Å². The summed E-state index contributed by atoms with van der Waals surface area (Å²) in [5.41, 5.74) is 3.09. The van der Waals surface area contributed by atoms with Crippen LogP contribution in [0.5, 0.6) is 5.75 Å². The van der Waals surface area contributed by atoms with Crippen LogP contribution in [0.3, 0.4) is 0 Å². The molecule has 0 bridgehead atoms. The summed E-state index contributed by atoms with van der Waals surface area (Å²) >= 11 is 0. The van der Waals surface area contributed by atoms with Gasteiger partial charge in [-0.3, -0.25) is 9.59 Å². The minimum atomic E-state index is -0.386. The summed E-state index contributed by atoms with van der Waals surface area (Å²) in [6, 6.07) is 23.9. The lowest BCUT2D eigenvalue weighted by atomic mass is 9.94. The van der Waals surface area contributed by atoms with Crippen LogP contribution in [0.1, 0.15) is 22.8 Å². The molecule has 0 amide bonds. The van der Waals surface area contributed by atoms with Crippen molar-refractivity contribution in [2.45, 2.75) is 6.92 Å². The quantitative estimate of drug-likeness (QED) is 0.404. The molecule has 0 atom stereocenters. The molecule has 0 aliphatic rings. The van der Waals surface area contributed by atoms with Crippen LogP contribution in [-0.2, 0) is 4.79 Å². The second-order valence-electron chi connectivity index (χ2n) is 5.36.